The standard InChI is InChI=1S/C50H45N7O5/c1-62-50(61)55-44(36-12-4-2-5-13-36)49(60)57-29-11-19-43(57)47-52-31-41(54-47)35-26-22-33(23-27-35)32-20-24-34(25-21-32)40-30-51-46(53-40)42-18-10-28-56(42)48(59)39-17-9-8-16-38(39)45(58)37-14-6-3-7-15-37/h2-9,12-17,20-27,30-31,42-44H,10-11,18-19,28-29H2,1H3,(H,51,53)(H,52,54)(H,55,61)/t42-,43-,44+/m0/s1. The average molecular weight is 824 g/mol. The van der Waals surface area contributed by atoms with E-state index < -0.39 is 12.1 Å². The topological polar surface area (TPSA) is 153 Å². The molecule has 2 aliphatic rings. The average Bonchev–Trinajstić information content (AvgIpc) is 4.18. The van der Waals surface area contributed by atoms with Gasteiger partial charge in [-0.15, -0.1) is 0 Å². The number of carbonyl (C=O) groups excluding carboxylic acids is 4. The largest absolute Gasteiger partial charge is 0.453 e. The van der Waals surface area contributed by atoms with Crippen molar-refractivity contribution in [3.05, 3.63) is 180 Å². The Labute approximate surface area is 359 Å². The minimum absolute atomic E-state index is 0.176. The number of imidazole rings is 2. The van der Waals surface area contributed by atoms with Gasteiger partial charge in [0.1, 0.15) is 17.7 Å². The lowest BCUT2D eigenvalue weighted by molar-refractivity contribution is -0.134. The number of hydrogen-bond acceptors (Lipinski definition) is 7. The number of likely N-dealkylation sites (tertiary alicyclic amines) is 2. The van der Waals surface area contributed by atoms with Gasteiger partial charge in [-0.25, -0.2) is 14.8 Å². The van der Waals surface area contributed by atoms with Gasteiger partial charge in [-0.1, -0.05) is 127 Å². The lowest BCUT2D eigenvalue weighted by atomic mass is 9.97. The van der Waals surface area contributed by atoms with Crippen LogP contribution in [0.3, 0.4) is 0 Å². The van der Waals surface area contributed by atoms with Crippen molar-refractivity contribution >= 4 is 23.7 Å². The molecule has 0 aliphatic carbocycles. The highest BCUT2D eigenvalue weighted by Crippen LogP contribution is 2.36. The van der Waals surface area contributed by atoms with Gasteiger partial charge in [-0.2, -0.15) is 0 Å². The molecular formula is C50H45N7O5. The van der Waals surface area contributed by atoms with Crippen LogP contribution in [0, 0.1) is 0 Å². The number of ether oxygens (including phenoxy) is 1. The maximum Gasteiger partial charge on any atom is 0.407 e. The van der Waals surface area contributed by atoms with Crippen molar-refractivity contribution < 1.29 is 23.9 Å². The van der Waals surface area contributed by atoms with Gasteiger partial charge in [0.05, 0.1) is 48.5 Å². The van der Waals surface area contributed by atoms with Crippen LogP contribution in [0.2, 0.25) is 0 Å². The number of aromatic amines is 2. The van der Waals surface area contributed by atoms with E-state index >= 15 is 0 Å². The van der Waals surface area contributed by atoms with Crippen LogP contribution in [0.5, 0.6) is 0 Å². The number of rotatable bonds is 11. The maximum atomic E-state index is 14.0. The normalized spacial score (nSPS) is 16.5. The molecule has 12 nitrogen and oxygen atoms in total. The number of alkyl carbamates (subject to hydrolysis) is 1. The molecule has 62 heavy (non-hydrogen) atoms. The SMILES string of the molecule is COC(=O)N[C@@H](C(=O)N1CCC[C@H]1c1ncc(-c2ccc(-c3ccc(-c4cnc([C@@H]5CCCN5C(=O)c5ccccc5C(=O)c5ccccc5)[nH]4)cc3)cc2)[nH]1)c1ccccc1. The third kappa shape index (κ3) is 8.02. The molecule has 3 amide bonds. The number of H-pyrrole nitrogens is 2. The monoisotopic (exact) mass is 823 g/mol. The Morgan fingerprint density at radius 1 is 0.613 bits per heavy atom. The highest BCUT2D eigenvalue weighted by Gasteiger charge is 2.37. The molecule has 3 N–H and O–H groups in total. The first-order chi connectivity index (χ1) is 30.4. The molecule has 0 radical (unpaired) electrons. The van der Waals surface area contributed by atoms with Crippen molar-refractivity contribution in [3.63, 3.8) is 0 Å². The van der Waals surface area contributed by atoms with Gasteiger partial charge in [-0.05, 0) is 59.6 Å². The van der Waals surface area contributed by atoms with Crippen LogP contribution < -0.4 is 5.32 Å². The summed E-state index contributed by atoms with van der Waals surface area (Å²) in [7, 11) is 1.28. The molecule has 9 rings (SSSR count). The second-order valence-electron chi connectivity index (χ2n) is 15.6. The van der Waals surface area contributed by atoms with Gasteiger partial charge in [0, 0.05) is 24.2 Å². The number of ketones is 1. The molecule has 2 fully saturated rings. The van der Waals surface area contributed by atoms with E-state index in [1.54, 1.807) is 47.5 Å². The van der Waals surface area contributed by atoms with Gasteiger partial charge < -0.3 is 29.8 Å². The van der Waals surface area contributed by atoms with Crippen LogP contribution in [0.1, 0.15) is 87.3 Å². The number of methoxy groups -OCH3 is 1. The molecule has 0 bridgehead atoms. The highest BCUT2D eigenvalue weighted by molar-refractivity contribution is 6.15. The summed E-state index contributed by atoms with van der Waals surface area (Å²) in [6.07, 6.45) is 6.11. The Hall–Kier alpha value is -7.60. The predicted octanol–water partition coefficient (Wildman–Crippen LogP) is 9.10. The van der Waals surface area contributed by atoms with E-state index in [4.69, 9.17) is 14.7 Å². The van der Waals surface area contributed by atoms with E-state index in [9.17, 15) is 19.2 Å². The molecule has 5 aromatic carbocycles. The van der Waals surface area contributed by atoms with Crippen molar-refractivity contribution in [2.75, 3.05) is 20.2 Å². The van der Waals surface area contributed by atoms with Gasteiger partial charge >= 0.3 is 6.09 Å². The molecule has 310 valence electrons. The zero-order valence-corrected chi connectivity index (χ0v) is 34.2. The third-order valence-electron chi connectivity index (χ3n) is 11.9. The minimum Gasteiger partial charge on any atom is -0.453 e. The summed E-state index contributed by atoms with van der Waals surface area (Å²) < 4.78 is 4.83. The smallest absolute Gasteiger partial charge is 0.407 e. The van der Waals surface area contributed by atoms with Gasteiger partial charge in [-0.3, -0.25) is 14.4 Å². The second kappa shape index (κ2) is 17.6. The minimum atomic E-state index is -0.882. The molecule has 2 aliphatic heterocycles. The summed E-state index contributed by atoms with van der Waals surface area (Å²) in [5.41, 5.74) is 7.75. The van der Waals surface area contributed by atoms with Crippen molar-refractivity contribution in [1.82, 2.24) is 35.1 Å². The molecule has 2 aromatic heterocycles. The Balaban J connectivity index is 0.861. The molecule has 2 saturated heterocycles. The van der Waals surface area contributed by atoms with Crippen molar-refractivity contribution in [2.45, 2.75) is 43.8 Å². The molecular weight excluding hydrogens is 779 g/mol. The Morgan fingerprint density at radius 2 is 1.10 bits per heavy atom. The van der Waals surface area contributed by atoms with Crippen LogP contribution >= 0.6 is 0 Å². The molecule has 12 heteroatoms. The summed E-state index contributed by atoms with van der Waals surface area (Å²) in [6, 6.07) is 40.4. The van der Waals surface area contributed by atoms with E-state index in [1.165, 1.54) is 7.11 Å². The first kappa shape index (κ1) is 39.8. The Bertz CT molecular complexity index is 2710. The number of aromatic nitrogens is 4. The molecule has 7 aromatic rings. The van der Waals surface area contributed by atoms with Gasteiger partial charge in [0.15, 0.2) is 5.78 Å². The number of amides is 3. The van der Waals surface area contributed by atoms with Gasteiger partial charge in [0.2, 0.25) is 0 Å². The third-order valence-corrected chi connectivity index (χ3v) is 11.9. The zero-order chi connectivity index (χ0) is 42.6. The zero-order valence-electron chi connectivity index (χ0n) is 34.2. The second-order valence-corrected chi connectivity index (χ2v) is 15.6. The quantitative estimate of drug-likeness (QED) is 0.110. The van der Waals surface area contributed by atoms with E-state index in [2.05, 4.69) is 63.8 Å². The van der Waals surface area contributed by atoms with E-state index in [0.29, 0.717) is 41.2 Å². The highest BCUT2D eigenvalue weighted by atomic mass is 16.5. The number of hydrogen-bond donors (Lipinski definition) is 3. The summed E-state index contributed by atoms with van der Waals surface area (Å²) in [5.74, 6) is 0.855. The van der Waals surface area contributed by atoms with Crippen LogP contribution in [-0.2, 0) is 9.53 Å². The maximum absolute atomic E-state index is 14.0. The molecule has 4 heterocycles. The fourth-order valence-corrected chi connectivity index (χ4v) is 8.64. The fourth-order valence-electron chi connectivity index (χ4n) is 8.64. The van der Waals surface area contributed by atoms with Crippen molar-refractivity contribution in [3.8, 4) is 33.6 Å². The number of benzene rings is 5. The molecule has 0 unspecified atom stereocenters. The first-order valence-corrected chi connectivity index (χ1v) is 20.9. The van der Waals surface area contributed by atoms with Crippen LogP contribution in [-0.4, -0.2) is 73.6 Å². The van der Waals surface area contributed by atoms with Crippen molar-refractivity contribution in [2.24, 2.45) is 0 Å². The summed E-state index contributed by atoms with van der Waals surface area (Å²) in [5, 5.41) is 2.71. The van der Waals surface area contributed by atoms with E-state index in [-0.39, 0.29) is 29.7 Å². The number of nitrogens with one attached hydrogen (secondary N) is 3. The summed E-state index contributed by atoms with van der Waals surface area (Å²) in [4.78, 5) is 73.6. The Kier molecular flexibility index (Phi) is 11.3. The predicted molar refractivity (Wildman–Crippen MR) is 235 cm³/mol. The fraction of sp³-hybridized carbons (Fsp3) is 0.200. The van der Waals surface area contributed by atoms with E-state index in [1.807, 2.05) is 59.6 Å². The van der Waals surface area contributed by atoms with Gasteiger partial charge in [0.25, 0.3) is 11.8 Å². The summed E-state index contributed by atoms with van der Waals surface area (Å²) >= 11 is 0. The van der Waals surface area contributed by atoms with Crippen LogP contribution in [0.25, 0.3) is 33.6 Å². The molecule has 0 saturated carbocycles. The molecule has 0 spiro atoms. The number of nitrogens with zero attached hydrogens (tertiary/aromatic N) is 4. The lowest BCUT2D eigenvalue weighted by Gasteiger charge is -2.28. The van der Waals surface area contributed by atoms with Crippen LogP contribution in [0.4, 0.5) is 4.79 Å². The molecule has 3 atom stereocenters. The summed E-state index contributed by atoms with van der Waals surface area (Å²) in [6.45, 7) is 1.13. The lowest BCUT2D eigenvalue weighted by Crippen LogP contribution is -2.42. The Morgan fingerprint density at radius 3 is 1.66 bits per heavy atom. The first-order valence-electron chi connectivity index (χ1n) is 20.9. The van der Waals surface area contributed by atoms with Crippen molar-refractivity contribution in [1.29, 1.82) is 0 Å². The van der Waals surface area contributed by atoms with E-state index in [0.717, 1.165) is 65.1 Å². The number of carbonyl (C=O) groups is 4. The van der Waals surface area contributed by atoms with Crippen LogP contribution in [0.15, 0.2) is 146 Å².